The lowest BCUT2D eigenvalue weighted by atomic mass is 10.1. The van der Waals surface area contributed by atoms with Crippen LogP contribution in [0.15, 0.2) is 36.4 Å². The number of anilines is 1. The standard InChI is InChI=1S/C20H20N4O5/c1-27-16-10-12(11-17(28-2)19(16)29-3)18-13-8-9-21-20(13)23(22-18)14-6-4-5-7-15(14)24(25)26/h4-7,10-11,21H,8-9H2,1-3H3. The molecule has 0 atom stereocenters. The van der Waals surface area contributed by atoms with Crippen LogP contribution in [0.3, 0.4) is 0 Å². The second-order valence-electron chi connectivity index (χ2n) is 6.42. The number of para-hydroxylation sites is 2. The first-order chi connectivity index (χ1) is 14.1. The minimum atomic E-state index is -0.405. The Labute approximate surface area is 167 Å². The van der Waals surface area contributed by atoms with E-state index in [2.05, 4.69) is 5.32 Å². The Balaban J connectivity index is 1.93. The van der Waals surface area contributed by atoms with E-state index >= 15 is 0 Å². The molecule has 1 aliphatic heterocycles. The molecule has 2 heterocycles. The van der Waals surface area contributed by atoms with E-state index in [-0.39, 0.29) is 5.69 Å². The summed E-state index contributed by atoms with van der Waals surface area (Å²) in [4.78, 5) is 11.1. The van der Waals surface area contributed by atoms with Crippen LogP contribution in [0.1, 0.15) is 5.56 Å². The van der Waals surface area contributed by atoms with Crippen LogP contribution in [0.4, 0.5) is 11.5 Å². The summed E-state index contributed by atoms with van der Waals surface area (Å²) in [6.45, 7) is 0.727. The third-order valence-electron chi connectivity index (χ3n) is 4.90. The van der Waals surface area contributed by atoms with Gasteiger partial charge in [0.05, 0.1) is 31.9 Å². The largest absolute Gasteiger partial charge is 0.493 e. The molecule has 1 N–H and O–H groups in total. The topological polar surface area (TPSA) is 101 Å². The van der Waals surface area contributed by atoms with E-state index in [9.17, 15) is 10.1 Å². The Kier molecular flexibility index (Phi) is 4.71. The van der Waals surface area contributed by atoms with Crippen LogP contribution < -0.4 is 19.5 Å². The highest BCUT2D eigenvalue weighted by molar-refractivity contribution is 5.77. The number of nitro groups is 1. The second kappa shape index (κ2) is 7.34. The Morgan fingerprint density at radius 2 is 1.79 bits per heavy atom. The molecule has 150 valence electrons. The van der Waals surface area contributed by atoms with Gasteiger partial charge in [-0.3, -0.25) is 10.1 Å². The van der Waals surface area contributed by atoms with E-state index in [0.29, 0.717) is 28.6 Å². The summed E-state index contributed by atoms with van der Waals surface area (Å²) < 4.78 is 17.9. The molecule has 0 aliphatic carbocycles. The van der Waals surface area contributed by atoms with Crippen LogP contribution in [0.2, 0.25) is 0 Å². The third kappa shape index (κ3) is 3.00. The molecule has 0 bridgehead atoms. The highest BCUT2D eigenvalue weighted by Crippen LogP contribution is 2.43. The van der Waals surface area contributed by atoms with Crippen molar-refractivity contribution in [1.29, 1.82) is 0 Å². The highest BCUT2D eigenvalue weighted by atomic mass is 16.6. The summed E-state index contributed by atoms with van der Waals surface area (Å²) in [6.07, 6.45) is 0.752. The molecule has 2 aromatic carbocycles. The Hall–Kier alpha value is -3.75. The van der Waals surface area contributed by atoms with Gasteiger partial charge in [-0.05, 0) is 24.6 Å². The van der Waals surface area contributed by atoms with Crippen molar-refractivity contribution < 1.29 is 19.1 Å². The number of hydrogen-bond acceptors (Lipinski definition) is 7. The monoisotopic (exact) mass is 396 g/mol. The van der Waals surface area contributed by atoms with Gasteiger partial charge in [-0.15, -0.1) is 0 Å². The second-order valence-corrected chi connectivity index (χ2v) is 6.42. The SMILES string of the molecule is COc1cc(-c2nn(-c3ccccc3[N+](=O)[O-])c3c2CCN3)cc(OC)c1OC. The Morgan fingerprint density at radius 1 is 1.10 bits per heavy atom. The predicted octanol–water partition coefficient (Wildman–Crippen LogP) is 3.44. The molecule has 1 aromatic heterocycles. The van der Waals surface area contributed by atoms with Gasteiger partial charge in [0.1, 0.15) is 11.5 Å². The van der Waals surface area contributed by atoms with Crippen LogP contribution in [-0.2, 0) is 6.42 Å². The lowest BCUT2D eigenvalue weighted by Gasteiger charge is -2.13. The van der Waals surface area contributed by atoms with Crippen molar-refractivity contribution in [3.05, 3.63) is 52.1 Å². The third-order valence-corrected chi connectivity index (χ3v) is 4.90. The van der Waals surface area contributed by atoms with Crippen molar-refractivity contribution in [2.75, 3.05) is 33.2 Å². The maximum absolute atomic E-state index is 11.5. The summed E-state index contributed by atoms with van der Waals surface area (Å²) in [6, 6.07) is 10.2. The summed E-state index contributed by atoms with van der Waals surface area (Å²) in [7, 11) is 4.66. The van der Waals surface area contributed by atoms with E-state index in [1.54, 1.807) is 44.2 Å². The maximum Gasteiger partial charge on any atom is 0.294 e. The van der Waals surface area contributed by atoms with Gasteiger partial charge in [0.15, 0.2) is 11.5 Å². The first-order valence-corrected chi connectivity index (χ1v) is 8.99. The number of benzene rings is 2. The number of methoxy groups -OCH3 is 3. The predicted molar refractivity (Wildman–Crippen MR) is 108 cm³/mol. The van der Waals surface area contributed by atoms with Crippen molar-refractivity contribution in [3.63, 3.8) is 0 Å². The molecule has 1 aliphatic rings. The molecular formula is C20H20N4O5. The lowest BCUT2D eigenvalue weighted by molar-refractivity contribution is -0.384. The average Bonchev–Trinajstić information content (AvgIpc) is 3.35. The summed E-state index contributed by atoms with van der Waals surface area (Å²) in [5, 5.41) is 19.5. The summed E-state index contributed by atoms with van der Waals surface area (Å²) >= 11 is 0. The van der Waals surface area contributed by atoms with Crippen molar-refractivity contribution >= 4 is 11.5 Å². The van der Waals surface area contributed by atoms with Gasteiger partial charge in [-0.2, -0.15) is 5.10 Å². The van der Waals surface area contributed by atoms with Crippen molar-refractivity contribution in [2.45, 2.75) is 6.42 Å². The number of hydrogen-bond donors (Lipinski definition) is 1. The van der Waals surface area contributed by atoms with Crippen molar-refractivity contribution in [2.24, 2.45) is 0 Å². The fourth-order valence-electron chi connectivity index (χ4n) is 3.60. The number of aromatic nitrogens is 2. The molecule has 9 heteroatoms. The Bertz CT molecular complexity index is 1070. The van der Waals surface area contributed by atoms with Gasteiger partial charge in [-0.25, -0.2) is 4.68 Å². The van der Waals surface area contributed by atoms with E-state index in [1.165, 1.54) is 6.07 Å². The van der Waals surface area contributed by atoms with E-state index < -0.39 is 4.92 Å². The van der Waals surface area contributed by atoms with E-state index in [0.717, 1.165) is 29.9 Å². The number of rotatable bonds is 6. The molecule has 0 amide bonds. The molecule has 3 aromatic rings. The Morgan fingerprint density at radius 3 is 2.41 bits per heavy atom. The first-order valence-electron chi connectivity index (χ1n) is 8.99. The normalized spacial score (nSPS) is 12.2. The van der Waals surface area contributed by atoms with Crippen molar-refractivity contribution in [1.82, 2.24) is 9.78 Å². The number of fused-ring (bicyclic) bond motifs is 1. The number of ether oxygens (including phenoxy) is 3. The van der Waals surface area contributed by atoms with Gasteiger partial charge in [0.2, 0.25) is 5.75 Å². The van der Waals surface area contributed by atoms with Gasteiger partial charge in [0, 0.05) is 23.7 Å². The number of nitrogens with one attached hydrogen (secondary N) is 1. The molecule has 0 radical (unpaired) electrons. The minimum Gasteiger partial charge on any atom is -0.493 e. The lowest BCUT2D eigenvalue weighted by Crippen LogP contribution is -2.06. The van der Waals surface area contributed by atoms with Gasteiger partial charge in [-0.1, -0.05) is 12.1 Å². The van der Waals surface area contributed by atoms with E-state index in [4.69, 9.17) is 19.3 Å². The van der Waals surface area contributed by atoms with Gasteiger partial charge in [0.25, 0.3) is 5.69 Å². The van der Waals surface area contributed by atoms with Crippen LogP contribution >= 0.6 is 0 Å². The summed E-state index contributed by atoms with van der Waals surface area (Å²) in [5.74, 6) is 2.28. The summed E-state index contributed by atoms with van der Waals surface area (Å²) in [5.41, 5.74) is 2.86. The van der Waals surface area contributed by atoms with Crippen LogP contribution in [0.5, 0.6) is 17.2 Å². The number of nitro benzene ring substituents is 1. The van der Waals surface area contributed by atoms with Crippen molar-refractivity contribution in [3.8, 4) is 34.2 Å². The molecule has 9 nitrogen and oxygen atoms in total. The quantitative estimate of drug-likeness (QED) is 0.503. The van der Waals surface area contributed by atoms with Gasteiger partial charge < -0.3 is 19.5 Å². The molecule has 0 fully saturated rings. The molecule has 4 rings (SSSR count). The fraction of sp³-hybridized carbons (Fsp3) is 0.250. The molecule has 0 unspecified atom stereocenters. The molecule has 29 heavy (non-hydrogen) atoms. The average molecular weight is 396 g/mol. The smallest absolute Gasteiger partial charge is 0.294 e. The van der Waals surface area contributed by atoms with Crippen LogP contribution in [0.25, 0.3) is 16.9 Å². The zero-order valence-electron chi connectivity index (χ0n) is 16.3. The molecule has 0 spiro atoms. The zero-order valence-corrected chi connectivity index (χ0v) is 16.3. The number of nitrogens with zero attached hydrogens (tertiary/aromatic N) is 3. The van der Waals surface area contributed by atoms with Crippen LogP contribution in [0, 0.1) is 10.1 Å². The van der Waals surface area contributed by atoms with Crippen LogP contribution in [-0.4, -0.2) is 42.6 Å². The molecule has 0 saturated carbocycles. The minimum absolute atomic E-state index is 0.0112. The van der Waals surface area contributed by atoms with Gasteiger partial charge >= 0.3 is 0 Å². The molecule has 0 saturated heterocycles. The first kappa shape index (κ1) is 18.6. The highest BCUT2D eigenvalue weighted by Gasteiger charge is 2.28. The van der Waals surface area contributed by atoms with E-state index in [1.807, 2.05) is 12.1 Å². The maximum atomic E-state index is 11.5. The molecular weight excluding hydrogens is 376 g/mol. The fourth-order valence-corrected chi connectivity index (χ4v) is 3.60. The zero-order chi connectivity index (χ0) is 20.5.